The van der Waals surface area contributed by atoms with Gasteiger partial charge in [-0.25, -0.2) is 0 Å². The van der Waals surface area contributed by atoms with E-state index in [1.165, 1.54) is 33.4 Å². The van der Waals surface area contributed by atoms with Gasteiger partial charge < -0.3 is 4.74 Å². The van der Waals surface area contributed by atoms with Gasteiger partial charge in [0.15, 0.2) is 0 Å². The van der Waals surface area contributed by atoms with Crippen molar-refractivity contribution in [3.8, 4) is 11.1 Å². The number of hydrogen-bond acceptors (Lipinski definition) is 2. The van der Waals surface area contributed by atoms with Gasteiger partial charge in [0, 0.05) is 0 Å². The van der Waals surface area contributed by atoms with Crippen LogP contribution >= 0.6 is 0 Å². The van der Waals surface area contributed by atoms with Crippen molar-refractivity contribution in [2.24, 2.45) is 0 Å². The summed E-state index contributed by atoms with van der Waals surface area (Å²) in [4.78, 5) is 11.9. The minimum Gasteiger partial charge on any atom is -0.466 e. The Morgan fingerprint density at radius 2 is 1.63 bits per heavy atom. The topological polar surface area (TPSA) is 26.3 Å². The molecule has 0 aromatic heterocycles. The second-order valence-corrected chi connectivity index (χ2v) is 7.88. The molecule has 0 saturated carbocycles. The van der Waals surface area contributed by atoms with Gasteiger partial charge in [0.1, 0.15) is 0 Å². The van der Waals surface area contributed by atoms with Gasteiger partial charge in [-0.3, -0.25) is 4.79 Å². The molecule has 4 rings (SSSR count). The van der Waals surface area contributed by atoms with Crippen molar-refractivity contribution in [2.75, 3.05) is 6.61 Å². The summed E-state index contributed by atoms with van der Waals surface area (Å²) in [6.45, 7) is 2.31. The molecule has 30 heavy (non-hydrogen) atoms. The number of fused-ring (bicyclic) bond motifs is 1. The molecular formula is C28H28O2. The third-order valence-corrected chi connectivity index (χ3v) is 5.81. The zero-order valence-corrected chi connectivity index (χ0v) is 17.5. The third kappa shape index (κ3) is 4.88. The lowest BCUT2D eigenvalue weighted by molar-refractivity contribution is -0.143. The lowest BCUT2D eigenvalue weighted by atomic mass is 9.80. The van der Waals surface area contributed by atoms with E-state index in [-0.39, 0.29) is 11.9 Å². The summed E-state index contributed by atoms with van der Waals surface area (Å²) in [5.74, 6) is 0.203. The van der Waals surface area contributed by atoms with Gasteiger partial charge in [-0.2, -0.15) is 0 Å². The van der Waals surface area contributed by atoms with Crippen molar-refractivity contribution in [3.63, 3.8) is 0 Å². The van der Waals surface area contributed by atoms with Crippen LogP contribution in [0.2, 0.25) is 0 Å². The highest BCUT2D eigenvalue weighted by atomic mass is 16.5. The highest BCUT2D eigenvalue weighted by Gasteiger charge is 2.23. The lowest BCUT2D eigenvalue weighted by Gasteiger charge is -2.25. The summed E-state index contributed by atoms with van der Waals surface area (Å²) in [5, 5.41) is 0. The largest absolute Gasteiger partial charge is 0.466 e. The Morgan fingerprint density at radius 1 is 0.933 bits per heavy atom. The van der Waals surface area contributed by atoms with Crippen molar-refractivity contribution < 1.29 is 9.53 Å². The molecule has 3 aromatic carbocycles. The Labute approximate surface area is 179 Å². The smallest absolute Gasteiger partial charge is 0.306 e. The molecule has 3 aromatic rings. The van der Waals surface area contributed by atoms with E-state index in [9.17, 15) is 4.79 Å². The van der Waals surface area contributed by atoms with E-state index in [1.54, 1.807) is 0 Å². The van der Waals surface area contributed by atoms with Crippen LogP contribution < -0.4 is 0 Å². The quantitative estimate of drug-likeness (QED) is 0.335. The van der Waals surface area contributed by atoms with Crippen molar-refractivity contribution in [1.29, 1.82) is 0 Å². The molecule has 0 spiro atoms. The summed E-state index contributed by atoms with van der Waals surface area (Å²) in [6.07, 6.45) is 8.11. The molecule has 1 aliphatic rings. The van der Waals surface area contributed by atoms with Crippen LogP contribution in [-0.2, 0) is 16.0 Å². The predicted molar refractivity (Wildman–Crippen MR) is 124 cm³/mol. The summed E-state index contributed by atoms with van der Waals surface area (Å²) >= 11 is 0. The SMILES string of the molecule is CCOC(=O)CC1CCCc2cc(/C=C/c3ccc(-c4ccccc4)cc3)ccc21. The number of aryl methyl sites for hydroxylation is 1. The molecule has 1 atom stereocenters. The van der Waals surface area contributed by atoms with Crippen LogP contribution in [0.5, 0.6) is 0 Å². The molecule has 0 heterocycles. The normalized spacial score (nSPS) is 15.7. The Kier molecular flexibility index (Phi) is 6.44. The van der Waals surface area contributed by atoms with Crippen LogP contribution in [0, 0.1) is 0 Å². The molecule has 0 bridgehead atoms. The van der Waals surface area contributed by atoms with Gasteiger partial charge in [-0.05, 0) is 65.5 Å². The maximum absolute atomic E-state index is 11.9. The molecule has 1 unspecified atom stereocenters. The van der Waals surface area contributed by atoms with Crippen molar-refractivity contribution in [2.45, 2.75) is 38.5 Å². The van der Waals surface area contributed by atoms with E-state index < -0.39 is 0 Å². The Hall–Kier alpha value is -3.13. The minimum atomic E-state index is -0.0849. The predicted octanol–water partition coefficient (Wildman–Crippen LogP) is 6.90. The molecule has 152 valence electrons. The van der Waals surface area contributed by atoms with Crippen molar-refractivity contribution >= 4 is 18.1 Å². The second kappa shape index (κ2) is 9.58. The van der Waals surface area contributed by atoms with Crippen molar-refractivity contribution in [3.05, 3.63) is 95.1 Å². The Morgan fingerprint density at radius 3 is 2.40 bits per heavy atom. The highest BCUT2D eigenvalue weighted by Crippen LogP contribution is 2.35. The molecule has 0 aliphatic heterocycles. The fourth-order valence-corrected chi connectivity index (χ4v) is 4.28. The van der Waals surface area contributed by atoms with E-state index in [0.29, 0.717) is 13.0 Å². The highest BCUT2D eigenvalue weighted by molar-refractivity contribution is 5.73. The van der Waals surface area contributed by atoms with Crippen LogP contribution in [-0.4, -0.2) is 12.6 Å². The summed E-state index contributed by atoms with van der Waals surface area (Å²) < 4.78 is 5.16. The third-order valence-electron chi connectivity index (χ3n) is 5.81. The molecule has 0 saturated heterocycles. The van der Waals surface area contributed by atoms with Crippen molar-refractivity contribution in [1.82, 2.24) is 0 Å². The number of carbonyl (C=O) groups excluding carboxylic acids is 1. The molecular weight excluding hydrogens is 368 g/mol. The molecule has 0 radical (unpaired) electrons. The molecule has 0 fully saturated rings. The minimum absolute atomic E-state index is 0.0849. The van der Waals surface area contributed by atoms with Gasteiger partial charge in [0.05, 0.1) is 13.0 Å². The van der Waals surface area contributed by atoms with E-state index in [2.05, 4.69) is 78.9 Å². The first-order valence-corrected chi connectivity index (χ1v) is 10.8. The van der Waals surface area contributed by atoms with Crippen LogP contribution in [0.25, 0.3) is 23.3 Å². The van der Waals surface area contributed by atoms with Gasteiger partial charge in [-0.1, -0.05) is 84.9 Å². The fraction of sp³-hybridized carbons (Fsp3) is 0.250. The average molecular weight is 397 g/mol. The van der Waals surface area contributed by atoms with E-state index in [4.69, 9.17) is 4.74 Å². The molecule has 0 amide bonds. The zero-order valence-electron chi connectivity index (χ0n) is 17.5. The number of carbonyl (C=O) groups is 1. The van der Waals surface area contributed by atoms with Crippen LogP contribution in [0.15, 0.2) is 72.8 Å². The van der Waals surface area contributed by atoms with Crippen LogP contribution in [0.1, 0.15) is 54.4 Å². The van der Waals surface area contributed by atoms with E-state index in [0.717, 1.165) is 19.3 Å². The molecule has 2 heteroatoms. The van der Waals surface area contributed by atoms with Crippen LogP contribution in [0.4, 0.5) is 0 Å². The Bertz CT molecular complexity index is 1020. The number of rotatable bonds is 6. The first-order valence-electron chi connectivity index (χ1n) is 10.8. The molecule has 0 N–H and O–H groups in total. The van der Waals surface area contributed by atoms with E-state index >= 15 is 0 Å². The van der Waals surface area contributed by atoms with Gasteiger partial charge >= 0.3 is 5.97 Å². The Balaban J connectivity index is 1.46. The summed E-state index contributed by atoms with van der Waals surface area (Å²) in [7, 11) is 0. The molecule has 2 nitrogen and oxygen atoms in total. The fourth-order valence-electron chi connectivity index (χ4n) is 4.28. The monoisotopic (exact) mass is 396 g/mol. The zero-order chi connectivity index (χ0) is 20.8. The molecule has 1 aliphatic carbocycles. The lowest BCUT2D eigenvalue weighted by Crippen LogP contribution is -2.15. The second-order valence-electron chi connectivity index (χ2n) is 7.88. The first kappa shape index (κ1) is 20.2. The number of esters is 1. The number of benzene rings is 3. The summed E-state index contributed by atoms with van der Waals surface area (Å²) in [6, 6.07) is 25.7. The van der Waals surface area contributed by atoms with E-state index in [1.807, 2.05) is 13.0 Å². The van der Waals surface area contributed by atoms with Gasteiger partial charge in [0.2, 0.25) is 0 Å². The summed E-state index contributed by atoms with van der Waals surface area (Å²) in [5.41, 5.74) is 7.55. The van der Waals surface area contributed by atoms with Gasteiger partial charge in [0.25, 0.3) is 0 Å². The standard InChI is InChI=1S/C28H28O2/c1-2-30-28(29)20-26-10-6-9-25-19-22(15-18-27(25)26)12-11-21-13-16-24(17-14-21)23-7-4-3-5-8-23/h3-5,7-8,11-19,26H,2,6,9-10,20H2,1H3/b12-11+. The maximum Gasteiger partial charge on any atom is 0.306 e. The number of ether oxygens (including phenoxy) is 1. The number of hydrogen-bond donors (Lipinski definition) is 0. The first-order chi connectivity index (χ1) is 14.7. The maximum atomic E-state index is 11.9. The van der Waals surface area contributed by atoms with Gasteiger partial charge in [-0.15, -0.1) is 0 Å². The van der Waals surface area contributed by atoms with Crippen LogP contribution in [0.3, 0.4) is 0 Å². The average Bonchev–Trinajstić information content (AvgIpc) is 2.79.